The molecule has 3 N–H and O–H groups in total. The van der Waals surface area contributed by atoms with Crippen LogP contribution in [0.1, 0.15) is 25.1 Å². The molecule has 3 nitrogen and oxygen atoms in total. The van der Waals surface area contributed by atoms with E-state index in [-0.39, 0.29) is 11.7 Å². The second-order valence-corrected chi connectivity index (χ2v) is 5.01. The molecule has 0 saturated heterocycles. The van der Waals surface area contributed by atoms with E-state index in [1.165, 1.54) is 6.07 Å². The molecule has 1 aromatic heterocycles. The van der Waals surface area contributed by atoms with E-state index < -0.39 is 0 Å². The number of hydrogen-bond acceptors (Lipinski definition) is 2. The van der Waals surface area contributed by atoms with Crippen LogP contribution in [-0.4, -0.2) is 16.5 Å². The number of halogens is 2. The number of rotatable bonds is 4. The summed E-state index contributed by atoms with van der Waals surface area (Å²) in [6.07, 6.45) is 2.70. The van der Waals surface area contributed by atoms with Gasteiger partial charge in [0.05, 0.1) is 16.4 Å². The standard InChI is InChI=1S/C13H15BrFN3/c1-2-8(6-16)13-17-7-12(18-13)9-3-4-11(15)10(14)5-9/h3-5,7-8H,2,6,16H2,1H3,(H,17,18). The fraction of sp³-hybridized carbons (Fsp3) is 0.308. The maximum atomic E-state index is 13.2. The molecule has 0 aliphatic heterocycles. The van der Waals surface area contributed by atoms with Crippen molar-refractivity contribution < 1.29 is 4.39 Å². The van der Waals surface area contributed by atoms with Crippen molar-refractivity contribution in [1.29, 1.82) is 0 Å². The van der Waals surface area contributed by atoms with Gasteiger partial charge in [0.25, 0.3) is 0 Å². The fourth-order valence-electron chi connectivity index (χ4n) is 1.83. The highest BCUT2D eigenvalue weighted by atomic mass is 79.9. The lowest BCUT2D eigenvalue weighted by molar-refractivity contribution is 0.621. The van der Waals surface area contributed by atoms with E-state index in [0.29, 0.717) is 11.0 Å². The molecule has 0 bridgehead atoms. The highest BCUT2D eigenvalue weighted by Crippen LogP contribution is 2.25. The Labute approximate surface area is 114 Å². The molecule has 1 unspecified atom stereocenters. The Bertz CT molecular complexity index is 535. The zero-order chi connectivity index (χ0) is 13.1. The van der Waals surface area contributed by atoms with Gasteiger partial charge in [-0.15, -0.1) is 0 Å². The second-order valence-electron chi connectivity index (χ2n) is 4.15. The van der Waals surface area contributed by atoms with Gasteiger partial charge < -0.3 is 10.7 Å². The molecule has 0 radical (unpaired) electrons. The molecule has 96 valence electrons. The second kappa shape index (κ2) is 5.63. The molecule has 0 aliphatic carbocycles. The summed E-state index contributed by atoms with van der Waals surface area (Å²) in [4.78, 5) is 7.59. The van der Waals surface area contributed by atoms with Gasteiger partial charge >= 0.3 is 0 Å². The van der Waals surface area contributed by atoms with Crippen LogP contribution >= 0.6 is 15.9 Å². The first-order chi connectivity index (χ1) is 8.65. The molecule has 1 atom stereocenters. The van der Waals surface area contributed by atoms with E-state index in [1.54, 1.807) is 18.3 Å². The van der Waals surface area contributed by atoms with Gasteiger partial charge in [-0.05, 0) is 40.5 Å². The number of aromatic amines is 1. The summed E-state index contributed by atoms with van der Waals surface area (Å²) in [6.45, 7) is 2.64. The van der Waals surface area contributed by atoms with Gasteiger partial charge in [-0.3, -0.25) is 0 Å². The number of H-pyrrole nitrogens is 1. The lowest BCUT2D eigenvalue weighted by Crippen LogP contribution is -2.12. The van der Waals surface area contributed by atoms with Crippen molar-refractivity contribution in [3.05, 3.63) is 40.5 Å². The van der Waals surface area contributed by atoms with Gasteiger partial charge in [-0.1, -0.05) is 6.92 Å². The largest absolute Gasteiger partial charge is 0.342 e. The normalized spacial score (nSPS) is 12.7. The topological polar surface area (TPSA) is 54.7 Å². The van der Waals surface area contributed by atoms with Gasteiger partial charge in [0.15, 0.2) is 0 Å². The van der Waals surface area contributed by atoms with Crippen LogP contribution in [0.25, 0.3) is 11.3 Å². The molecule has 5 heteroatoms. The van der Waals surface area contributed by atoms with E-state index in [1.807, 2.05) is 0 Å². The van der Waals surface area contributed by atoms with Gasteiger partial charge in [0, 0.05) is 18.0 Å². The minimum Gasteiger partial charge on any atom is -0.342 e. The fourth-order valence-corrected chi connectivity index (χ4v) is 2.20. The predicted octanol–water partition coefficient (Wildman–Crippen LogP) is 3.43. The average molecular weight is 312 g/mol. The van der Waals surface area contributed by atoms with Crippen LogP contribution in [0.5, 0.6) is 0 Å². The molecule has 0 spiro atoms. The molecule has 1 aromatic carbocycles. The average Bonchev–Trinajstić information content (AvgIpc) is 2.84. The van der Waals surface area contributed by atoms with Crippen LogP contribution in [0.3, 0.4) is 0 Å². The quantitative estimate of drug-likeness (QED) is 0.909. The summed E-state index contributed by atoms with van der Waals surface area (Å²) in [5, 5.41) is 0. The summed E-state index contributed by atoms with van der Waals surface area (Å²) in [7, 11) is 0. The molecule has 0 saturated carbocycles. The Morgan fingerprint density at radius 3 is 2.89 bits per heavy atom. The number of nitrogens with two attached hydrogens (primary N) is 1. The molecule has 0 amide bonds. The Morgan fingerprint density at radius 2 is 2.28 bits per heavy atom. The Hall–Kier alpha value is -1.20. The lowest BCUT2D eigenvalue weighted by Gasteiger charge is -2.08. The summed E-state index contributed by atoms with van der Waals surface area (Å²) in [5.74, 6) is 0.852. The third-order valence-corrected chi connectivity index (χ3v) is 3.60. The third kappa shape index (κ3) is 2.62. The highest BCUT2D eigenvalue weighted by molar-refractivity contribution is 9.10. The summed E-state index contributed by atoms with van der Waals surface area (Å²) in [5.41, 5.74) is 7.46. The predicted molar refractivity (Wildman–Crippen MR) is 73.8 cm³/mol. The van der Waals surface area contributed by atoms with Crippen LogP contribution < -0.4 is 5.73 Å². The monoisotopic (exact) mass is 311 g/mol. The molecular weight excluding hydrogens is 297 g/mol. The van der Waals surface area contributed by atoms with Crippen molar-refractivity contribution in [1.82, 2.24) is 9.97 Å². The van der Waals surface area contributed by atoms with Crippen LogP contribution in [0.2, 0.25) is 0 Å². The zero-order valence-corrected chi connectivity index (χ0v) is 11.7. The molecule has 2 rings (SSSR count). The van der Waals surface area contributed by atoms with Gasteiger partial charge in [0.2, 0.25) is 0 Å². The van der Waals surface area contributed by atoms with Crippen molar-refractivity contribution in [2.24, 2.45) is 5.73 Å². The first-order valence-corrected chi connectivity index (χ1v) is 6.65. The first-order valence-electron chi connectivity index (χ1n) is 5.86. The third-order valence-electron chi connectivity index (χ3n) is 2.99. The van der Waals surface area contributed by atoms with E-state index >= 15 is 0 Å². The molecule has 1 heterocycles. The maximum absolute atomic E-state index is 13.2. The van der Waals surface area contributed by atoms with Crippen molar-refractivity contribution in [2.75, 3.05) is 6.54 Å². The maximum Gasteiger partial charge on any atom is 0.137 e. The first kappa shape index (κ1) is 13.2. The van der Waals surface area contributed by atoms with E-state index in [2.05, 4.69) is 32.8 Å². The van der Waals surface area contributed by atoms with Gasteiger partial charge in [0.1, 0.15) is 11.6 Å². The number of nitrogens with zero attached hydrogens (tertiary/aromatic N) is 1. The molecule has 0 aliphatic rings. The summed E-state index contributed by atoms with van der Waals surface area (Å²) in [6, 6.07) is 4.89. The van der Waals surface area contributed by atoms with Crippen LogP contribution in [0.15, 0.2) is 28.9 Å². The highest BCUT2D eigenvalue weighted by Gasteiger charge is 2.12. The Balaban J connectivity index is 2.31. The summed E-state index contributed by atoms with van der Waals surface area (Å²) < 4.78 is 13.6. The number of imidazole rings is 1. The van der Waals surface area contributed by atoms with Gasteiger partial charge in [-0.25, -0.2) is 9.37 Å². The summed E-state index contributed by atoms with van der Waals surface area (Å²) >= 11 is 3.18. The number of hydrogen-bond donors (Lipinski definition) is 2. The van der Waals surface area contributed by atoms with E-state index in [4.69, 9.17) is 5.73 Å². The van der Waals surface area contributed by atoms with Crippen molar-refractivity contribution in [2.45, 2.75) is 19.3 Å². The molecular formula is C13H15BrFN3. The minimum absolute atomic E-state index is 0.239. The zero-order valence-electron chi connectivity index (χ0n) is 10.1. The Morgan fingerprint density at radius 1 is 1.50 bits per heavy atom. The lowest BCUT2D eigenvalue weighted by atomic mass is 10.1. The van der Waals surface area contributed by atoms with Crippen molar-refractivity contribution in [3.8, 4) is 11.3 Å². The number of aromatic nitrogens is 2. The van der Waals surface area contributed by atoms with E-state index in [9.17, 15) is 4.39 Å². The minimum atomic E-state index is -0.271. The molecule has 2 aromatic rings. The van der Waals surface area contributed by atoms with Crippen molar-refractivity contribution in [3.63, 3.8) is 0 Å². The molecule has 0 fully saturated rings. The van der Waals surface area contributed by atoms with E-state index in [0.717, 1.165) is 23.5 Å². The number of benzene rings is 1. The number of nitrogens with one attached hydrogen (secondary N) is 1. The van der Waals surface area contributed by atoms with Crippen LogP contribution in [-0.2, 0) is 0 Å². The van der Waals surface area contributed by atoms with Crippen molar-refractivity contribution >= 4 is 15.9 Å². The van der Waals surface area contributed by atoms with Crippen LogP contribution in [0, 0.1) is 5.82 Å². The Kier molecular flexibility index (Phi) is 4.14. The van der Waals surface area contributed by atoms with Crippen LogP contribution in [0.4, 0.5) is 4.39 Å². The smallest absolute Gasteiger partial charge is 0.137 e. The SMILES string of the molecule is CCC(CN)c1ncc(-c2ccc(F)c(Br)c2)[nH]1. The molecule has 18 heavy (non-hydrogen) atoms. The van der Waals surface area contributed by atoms with Gasteiger partial charge in [-0.2, -0.15) is 0 Å².